The normalized spacial score (nSPS) is 12.5. The van der Waals surface area contributed by atoms with Crippen LogP contribution in [0.15, 0.2) is 42.6 Å². The summed E-state index contributed by atoms with van der Waals surface area (Å²) in [7, 11) is 0. The molecule has 0 saturated heterocycles. The van der Waals surface area contributed by atoms with E-state index >= 15 is 0 Å². The molecule has 0 atom stereocenters. The Labute approximate surface area is 126 Å². The molecule has 1 N–H and O–H groups in total. The SMILES string of the molecule is O=C(O)c1cc2n(n1)CCc1cnc(-c3ccccc3)nc1-2. The van der Waals surface area contributed by atoms with Crippen molar-refractivity contribution in [1.29, 1.82) is 0 Å². The highest BCUT2D eigenvalue weighted by Crippen LogP contribution is 2.29. The first-order valence-electron chi connectivity index (χ1n) is 6.95. The van der Waals surface area contributed by atoms with Crippen molar-refractivity contribution in [3.63, 3.8) is 0 Å². The van der Waals surface area contributed by atoms with E-state index in [2.05, 4.69) is 15.1 Å². The molecule has 0 radical (unpaired) electrons. The third kappa shape index (κ3) is 1.96. The van der Waals surface area contributed by atoms with E-state index in [-0.39, 0.29) is 5.69 Å². The Bertz CT molecular complexity index is 871. The van der Waals surface area contributed by atoms with E-state index in [1.165, 1.54) is 0 Å². The van der Waals surface area contributed by atoms with E-state index in [1.54, 1.807) is 10.7 Å². The van der Waals surface area contributed by atoms with Gasteiger partial charge in [0.1, 0.15) is 0 Å². The summed E-state index contributed by atoms with van der Waals surface area (Å²) in [5.41, 5.74) is 3.49. The molecule has 4 rings (SSSR count). The van der Waals surface area contributed by atoms with Gasteiger partial charge in [-0.1, -0.05) is 30.3 Å². The van der Waals surface area contributed by atoms with Crippen molar-refractivity contribution < 1.29 is 9.90 Å². The molecule has 6 nitrogen and oxygen atoms in total. The molecule has 1 aliphatic heterocycles. The minimum absolute atomic E-state index is 0.0442. The first-order chi connectivity index (χ1) is 10.7. The Morgan fingerprint density at radius 3 is 2.82 bits per heavy atom. The Morgan fingerprint density at radius 1 is 1.23 bits per heavy atom. The van der Waals surface area contributed by atoms with E-state index in [0.717, 1.165) is 28.9 Å². The number of carboxylic acid groups (broad SMARTS) is 1. The first kappa shape index (κ1) is 12.7. The summed E-state index contributed by atoms with van der Waals surface area (Å²) >= 11 is 0. The number of hydrogen-bond acceptors (Lipinski definition) is 4. The van der Waals surface area contributed by atoms with Crippen LogP contribution in [0.25, 0.3) is 22.8 Å². The van der Waals surface area contributed by atoms with Gasteiger partial charge < -0.3 is 5.11 Å². The number of aromatic carboxylic acids is 1. The van der Waals surface area contributed by atoms with Crippen LogP contribution < -0.4 is 0 Å². The number of benzene rings is 1. The molecule has 0 unspecified atom stereocenters. The predicted molar refractivity (Wildman–Crippen MR) is 79.4 cm³/mol. The molecule has 0 bridgehead atoms. The number of fused-ring (bicyclic) bond motifs is 3. The fraction of sp³-hybridized carbons (Fsp3) is 0.125. The number of carbonyl (C=O) groups is 1. The highest BCUT2D eigenvalue weighted by molar-refractivity contribution is 5.87. The maximum atomic E-state index is 11.1. The molecule has 0 saturated carbocycles. The van der Waals surface area contributed by atoms with Gasteiger partial charge in [-0.05, 0) is 6.42 Å². The Hall–Kier alpha value is -3.02. The number of aryl methyl sites for hydroxylation is 2. The van der Waals surface area contributed by atoms with Crippen LogP contribution in [0.5, 0.6) is 0 Å². The molecule has 1 aliphatic rings. The summed E-state index contributed by atoms with van der Waals surface area (Å²) in [6.07, 6.45) is 2.57. The highest BCUT2D eigenvalue weighted by Gasteiger charge is 2.23. The van der Waals surface area contributed by atoms with E-state index in [0.29, 0.717) is 12.4 Å². The lowest BCUT2D eigenvalue weighted by atomic mass is 10.1. The molecule has 2 aromatic heterocycles. The zero-order valence-electron chi connectivity index (χ0n) is 11.6. The zero-order valence-corrected chi connectivity index (χ0v) is 11.6. The minimum Gasteiger partial charge on any atom is -0.476 e. The third-order valence-electron chi connectivity index (χ3n) is 3.73. The molecule has 0 fully saturated rings. The molecular formula is C16H12N4O2. The van der Waals surface area contributed by atoms with Crippen molar-refractivity contribution in [2.75, 3.05) is 0 Å². The topological polar surface area (TPSA) is 80.9 Å². The van der Waals surface area contributed by atoms with Crippen molar-refractivity contribution in [3.8, 4) is 22.8 Å². The van der Waals surface area contributed by atoms with Crippen LogP contribution >= 0.6 is 0 Å². The van der Waals surface area contributed by atoms with Gasteiger partial charge in [-0.2, -0.15) is 5.10 Å². The molecule has 22 heavy (non-hydrogen) atoms. The fourth-order valence-corrected chi connectivity index (χ4v) is 2.65. The Morgan fingerprint density at radius 2 is 2.05 bits per heavy atom. The zero-order chi connectivity index (χ0) is 15.1. The monoisotopic (exact) mass is 292 g/mol. The van der Waals surface area contributed by atoms with Gasteiger partial charge in [0, 0.05) is 29.9 Å². The number of rotatable bonds is 2. The third-order valence-corrected chi connectivity index (χ3v) is 3.73. The first-order valence-corrected chi connectivity index (χ1v) is 6.95. The lowest BCUT2D eigenvalue weighted by Crippen LogP contribution is -2.14. The number of hydrogen-bond donors (Lipinski definition) is 1. The second kappa shape index (κ2) is 4.77. The largest absolute Gasteiger partial charge is 0.476 e. The van der Waals surface area contributed by atoms with Crippen LogP contribution in [-0.2, 0) is 13.0 Å². The number of aromatic nitrogens is 4. The number of carboxylic acids is 1. The van der Waals surface area contributed by atoms with E-state index in [4.69, 9.17) is 5.11 Å². The summed E-state index contributed by atoms with van der Waals surface area (Å²) in [5.74, 6) is -0.397. The van der Waals surface area contributed by atoms with Crippen LogP contribution in [-0.4, -0.2) is 30.8 Å². The van der Waals surface area contributed by atoms with Crippen molar-refractivity contribution in [3.05, 3.63) is 53.9 Å². The second-order valence-corrected chi connectivity index (χ2v) is 5.13. The van der Waals surface area contributed by atoms with Crippen LogP contribution in [0.2, 0.25) is 0 Å². The summed E-state index contributed by atoms with van der Waals surface area (Å²) in [4.78, 5) is 20.2. The van der Waals surface area contributed by atoms with Gasteiger partial charge in [-0.15, -0.1) is 0 Å². The molecular weight excluding hydrogens is 280 g/mol. The van der Waals surface area contributed by atoms with Gasteiger partial charge in [0.15, 0.2) is 11.5 Å². The van der Waals surface area contributed by atoms with Gasteiger partial charge in [0.2, 0.25) is 0 Å². The summed E-state index contributed by atoms with van der Waals surface area (Å²) < 4.78 is 1.70. The molecule has 0 amide bonds. The molecule has 0 spiro atoms. The summed E-state index contributed by atoms with van der Waals surface area (Å²) in [5, 5.41) is 13.2. The van der Waals surface area contributed by atoms with Gasteiger partial charge >= 0.3 is 5.97 Å². The Kier molecular flexibility index (Phi) is 2.75. The average Bonchev–Trinajstić information content (AvgIpc) is 3.00. The van der Waals surface area contributed by atoms with Crippen LogP contribution in [0.4, 0.5) is 0 Å². The van der Waals surface area contributed by atoms with Crippen molar-refractivity contribution in [2.45, 2.75) is 13.0 Å². The Balaban J connectivity index is 1.86. The second-order valence-electron chi connectivity index (χ2n) is 5.13. The number of nitrogens with zero attached hydrogens (tertiary/aromatic N) is 4. The molecule has 3 heterocycles. The molecule has 1 aromatic carbocycles. The standard InChI is InChI=1S/C16H12N4O2/c21-16(22)12-8-13-14-11(6-7-20(13)19-12)9-17-15(18-14)10-4-2-1-3-5-10/h1-5,8-9H,6-7H2,(H,21,22). The van der Waals surface area contributed by atoms with Gasteiger partial charge in [-0.25, -0.2) is 14.8 Å². The minimum atomic E-state index is -1.03. The van der Waals surface area contributed by atoms with Crippen LogP contribution in [0, 0.1) is 0 Å². The summed E-state index contributed by atoms with van der Waals surface area (Å²) in [6, 6.07) is 11.3. The smallest absolute Gasteiger partial charge is 0.356 e. The van der Waals surface area contributed by atoms with Crippen molar-refractivity contribution >= 4 is 5.97 Å². The van der Waals surface area contributed by atoms with Crippen LogP contribution in [0.1, 0.15) is 16.1 Å². The van der Waals surface area contributed by atoms with Gasteiger partial charge in [0.25, 0.3) is 0 Å². The maximum Gasteiger partial charge on any atom is 0.356 e. The van der Waals surface area contributed by atoms with Crippen molar-refractivity contribution in [2.24, 2.45) is 0 Å². The van der Waals surface area contributed by atoms with Crippen molar-refractivity contribution in [1.82, 2.24) is 19.7 Å². The van der Waals surface area contributed by atoms with Gasteiger partial charge in [0.05, 0.1) is 11.4 Å². The van der Waals surface area contributed by atoms with E-state index < -0.39 is 5.97 Å². The van der Waals surface area contributed by atoms with Gasteiger partial charge in [-0.3, -0.25) is 4.68 Å². The summed E-state index contributed by atoms with van der Waals surface area (Å²) in [6.45, 7) is 0.643. The highest BCUT2D eigenvalue weighted by atomic mass is 16.4. The van der Waals surface area contributed by atoms with Crippen LogP contribution in [0.3, 0.4) is 0 Å². The molecule has 108 valence electrons. The quantitative estimate of drug-likeness (QED) is 0.783. The fourth-order valence-electron chi connectivity index (χ4n) is 2.65. The lowest BCUT2D eigenvalue weighted by molar-refractivity contribution is 0.0689. The average molecular weight is 292 g/mol. The molecule has 6 heteroatoms. The molecule has 0 aliphatic carbocycles. The van der Waals surface area contributed by atoms with E-state index in [1.807, 2.05) is 36.5 Å². The predicted octanol–water partition coefficient (Wildman–Crippen LogP) is 2.26. The molecule has 3 aromatic rings. The lowest BCUT2D eigenvalue weighted by Gasteiger charge is -2.17. The van der Waals surface area contributed by atoms with E-state index in [9.17, 15) is 4.79 Å². The maximum absolute atomic E-state index is 11.1.